The molecule has 7 nitrogen and oxygen atoms in total. The summed E-state index contributed by atoms with van der Waals surface area (Å²) < 4.78 is 34.2. The van der Waals surface area contributed by atoms with Crippen LogP contribution < -0.4 is 0 Å². The van der Waals surface area contributed by atoms with Crippen molar-refractivity contribution in [2.75, 3.05) is 65.6 Å². The van der Waals surface area contributed by atoms with E-state index in [1.54, 1.807) is 8.61 Å². The van der Waals surface area contributed by atoms with Gasteiger partial charge in [0.15, 0.2) is 0 Å². The second-order valence-electron chi connectivity index (χ2n) is 6.90. The van der Waals surface area contributed by atoms with Crippen LogP contribution in [0.5, 0.6) is 0 Å². The van der Waals surface area contributed by atoms with Crippen molar-refractivity contribution in [1.29, 1.82) is 0 Å². The first-order valence-electron chi connectivity index (χ1n) is 8.77. The van der Waals surface area contributed by atoms with Gasteiger partial charge in [-0.3, -0.25) is 4.90 Å². The average Bonchev–Trinajstić information content (AvgIpc) is 3.00. The summed E-state index contributed by atoms with van der Waals surface area (Å²) in [7, 11) is -3.37. The van der Waals surface area contributed by atoms with E-state index in [1.807, 2.05) is 0 Å². The van der Waals surface area contributed by atoms with Gasteiger partial charge in [-0.2, -0.15) is 17.0 Å². The van der Waals surface area contributed by atoms with E-state index in [9.17, 15) is 13.5 Å². The van der Waals surface area contributed by atoms with Crippen LogP contribution in [0.2, 0.25) is 0 Å². The largest absolute Gasteiger partial charge is 0.396 e. The lowest BCUT2D eigenvalue weighted by molar-refractivity contribution is 0.0266. The molecule has 3 heterocycles. The molecule has 1 N–H and O–H groups in total. The van der Waals surface area contributed by atoms with Gasteiger partial charge in [-0.25, -0.2) is 0 Å². The Kier molecular flexibility index (Phi) is 5.92. The van der Waals surface area contributed by atoms with Crippen molar-refractivity contribution in [3.8, 4) is 0 Å². The van der Waals surface area contributed by atoms with Crippen molar-refractivity contribution in [2.24, 2.45) is 11.8 Å². The van der Waals surface area contributed by atoms with Gasteiger partial charge in [-0.15, -0.1) is 0 Å². The number of hydrogen-bond donors (Lipinski definition) is 1. The molecule has 0 aromatic rings. The van der Waals surface area contributed by atoms with Crippen LogP contribution >= 0.6 is 0 Å². The lowest BCUT2D eigenvalue weighted by Crippen LogP contribution is -2.45. The minimum Gasteiger partial charge on any atom is -0.396 e. The molecule has 0 spiro atoms. The molecule has 3 aliphatic heterocycles. The molecule has 0 aromatic carbocycles. The van der Waals surface area contributed by atoms with Crippen LogP contribution in [0.4, 0.5) is 0 Å². The Morgan fingerprint density at radius 1 is 0.913 bits per heavy atom. The smallest absolute Gasteiger partial charge is 0.281 e. The number of ether oxygens (including phenoxy) is 1. The number of nitrogens with zero attached hydrogens (tertiary/aromatic N) is 3. The Bertz CT molecular complexity index is 475. The minimum absolute atomic E-state index is 0.0393. The monoisotopic (exact) mass is 347 g/mol. The molecule has 0 unspecified atom stereocenters. The number of piperidine rings is 1. The fraction of sp³-hybridized carbons (Fsp3) is 1.00. The van der Waals surface area contributed by atoms with E-state index in [4.69, 9.17) is 4.74 Å². The van der Waals surface area contributed by atoms with Crippen LogP contribution in [0.25, 0.3) is 0 Å². The highest BCUT2D eigenvalue weighted by molar-refractivity contribution is 7.86. The van der Waals surface area contributed by atoms with Crippen molar-refractivity contribution in [1.82, 2.24) is 13.5 Å². The van der Waals surface area contributed by atoms with Crippen LogP contribution in [0.3, 0.4) is 0 Å². The Balaban J connectivity index is 1.62. The summed E-state index contributed by atoms with van der Waals surface area (Å²) in [6.45, 7) is 6.43. The van der Waals surface area contributed by atoms with E-state index in [2.05, 4.69) is 4.90 Å². The Morgan fingerprint density at radius 2 is 1.57 bits per heavy atom. The Morgan fingerprint density at radius 3 is 2.22 bits per heavy atom. The maximum Gasteiger partial charge on any atom is 0.281 e. The zero-order valence-corrected chi connectivity index (χ0v) is 14.6. The summed E-state index contributed by atoms with van der Waals surface area (Å²) in [6.07, 6.45) is 3.02. The van der Waals surface area contributed by atoms with E-state index in [0.717, 1.165) is 52.1 Å². The zero-order valence-electron chi connectivity index (χ0n) is 13.8. The van der Waals surface area contributed by atoms with Gasteiger partial charge < -0.3 is 9.84 Å². The van der Waals surface area contributed by atoms with Crippen LogP contribution in [0.1, 0.15) is 19.3 Å². The van der Waals surface area contributed by atoms with E-state index in [-0.39, 0.29) is 18.4 Å². The van der Waals surface area contributed by atoms with E-state index >= 15 is 0 Å². The molecule has 8 heteroatoms. The molecule has 0 bridgehead atoms. The predicted molar refractivity (Wildman–Crippen MR) is 87.2 cm³/mol. The predicted octanol–water partition coefficient (Wildman–Crippen LogP) is -0.410. The lowest BCUT2D eigenvalue weighted by atomic mass is 9.96. The first-order chi connectivity index (χ1) is 11.1. The molecule has 0 radical (unpaired) electrons. The molecule has 3 rings (SSSR count). The maximum atomic E-state index is 12.8. The number of hydrogen-bond acceptors (Lipinski definition) is 5. The molecule has 23 heavy (non-hydrogen) atoms. The molecule has 3 saturated heterocycles. The highest BCUT2D eigenvalue weighted by Gasteiger charge is 2.41. The first-order valence-corrected chi connectivity index (χ1v) is 10.2. The lowest BCUT2D eigenvalue weighted by Gasteiger charge is -2.31. The van der Waals surface area contributed by atoms with Crippen LogP contribution in [0, 0.1) is 11.8 Å². The molecular formula is C15H29N3O4S. The van der Waals surface area contributed by atoms with Crippen molar-refractivity contribution in [3.05, 3.63) is 0 Å². The Labute approximate surface area is 139 Å². The van der Waals surface area contributed by atoms with E-state index < -0.39 is 10.2 Å². The summed E-state index contributed by atoms with van der Waals surface area (Å²) in [6, 6.07) is 0. The standard InChI is InChI=1S/C15H29N3O4S/c19-13-15-12-18(23(20,21)17-4-2-1-3-5-17)11-14(15)10-16-6-8-22-9-7-16/h14-15,19H,1-13H2/t14-,15-/m1/s1. The maximum absolute atomic E-state index is 12.8. The van der Waals surface area contributed by atoms with Gasteiger partial charge in [0.25, 0.3) is 10.2 Å². The summed E-state index contributed by atoms with van der Waals surface area (Å²) in [5.41, 5.74) is 0. The molecule has 2 atom stereocenters. The molecule has 3 fully saturated rings. The fourth-order valence-electron chi connectivity index (χ4n) is 3.87. The highest BCUT2D eigenvalue weighted by atomic mass is 32.2. The SMILES string of the molecule is O=S(=O)(N1CCCCC1)N1C[C@@H](CN2CCOCC2)[C@@H](CO)C1. The third-order valence-electron chi connectivity index (χ3n) is 5.34. The van der Waals surface area contributed by atoms with Gasteiger partial charge in [0.1, 0.15) is 0 Å². The van der Waals surface area contributed by atoms with Gasteiger partial charge in [0, 0.05) is 58.3 Å². The summed E-state index contributed by atoms with van der Waals surface area (Å²) >= 11 is 0. The first kappa shape index (κ1) is 17.6. The van der Waals surface area contributed by atoms with Crippen molar-refractivity contribution in [3.63, 3.8) is 0 Å². The molecule has 0 amide bonds. The van der Waals surface area contributed by atoms with Crippen molar-refractivity contribution >= 4 is 10.2 Å². The van der Waals surface area contributed by atoms with Gasteiger partial charge >= 0.3 is 0 Å². The van der Waals surface area contributed by atoms with Crippen molar-refractivity contribution in [2.45, 2.75) is 19.3 Å². The average molecular weight is 347 g/mol. The molecular weight excluding hydrogens is 318 g/mol. The van der Waals surface area contributed by atoms with Gasteiger partial charge in [0.05, 0.1) is 13.2 Å². The van der Waals surface area contributed by atoms with E-state index in [1.165, 1.54) is 0 Å². The molecule has 0 aliphatic carbocycles. The summed E-state index contributed by atoms with van der Waals surface area (Å²) in [4.78, 5) is 2.33. The third-order valence-corrected chi connectivity index (χ3v) is 7.31. The number of rotatable bonds is 5. The van der Waals surface area contributed by atoms with E-state index in [0.29, 0.717) is 26.2 Å². The van der Waals surface area contributed by atoms with Crippen LogP contribution in [0.15, 0.2) is 0 Å². The minimum atomic E-state index is -3.37. The quantitative estimate of drug-likeness (QED) is 0.732. The van der Waals surface area contributed by atoms with Gasteiger partial charge in [-0.05, 0) is 18.8 Å². The second-order valence-corrected chi connectivity index (χ2v) is 8.83. The number of morpholine rings is 1. The molecule has 0 aromatic heterocycles. The van der Waals surface area contributed by atoms with Crippen molar-refractivity contribution < 1.29 is 18.3 Å². The Hall–Kier alpha value is -0.250. The summed E-state index contributed by atoms with van der Waals surface area (Å²) in [5, 5.41) is 9.68. The van der Waals surface area contributed by atoms with Gasteiger partial charge in [-0.1, -0.05) is 6.42 Å². The zero-order chi connectivity index (χ0) is 16.3. The van der Waals surface area contributed by atoms with Crippen LogP contribution in [-0.4, -0.2) is 92.7 Å². The highest BCUT2D eigenvalue weighted by Crippen LogP contribution is 2.29. The fourth-order valence-corrected chi connectivity index (χ4v) is 5.68. The topological polar surface area (TPSA) is 73.3 Å². The number of aliphatic hydroxyl groups excluding tert-OH is 1. The molecule has 0 saturated carbocycles. The van der Waals surface area contributed by atoms with Gasteiger partial charge in [0.2, 0.25) is 0 Å². The molecule has 134 valence electrons. The number of aliphatic hydroxyl groups is 1. The van der Waals surface area contributed by atoms with Crippen LogP contribution in [-0.2, 0) is 14.9 Å². The normalized spacial score (nSPS) is 32.4. The second kappa shape index (κ2) is 7.76. The third kappa shape index (κ3) is 4.05. The molecule has 3 aliphatic rings. The summed E-state index contributed by atoms with van der Waals surface area (Å²) in [5.74, 6) is 0.245.